The van der Waals surface area contributed by atoms with Crippen molar-refractivity contribution in [2.75, 3.05) is 5.75 Å². The topological polar surface area (TPSA) is 77.2 Å². The van der Waals surface area contributed by atoms with Gasteiger partial charge >= 0.3 is 0 Å². The van der Waals surface area contributed by atoms with Gasteiger partial charge in [0.15, 0.2) is 9.84 Å². The highest BCUT2D eigenvalue weighted by Crippen LogP contribution is 2.60. The largest absolute Gasteiger partial charge is 0.325 e. The molecule has 4 bridgehead atoms. The molecule has 0 aliphatic heterocycles. The molecule has 158 valence electrons. The zero-order chi connectivity index (χ0) is 20.4. The van der Waals surface area contributed by atoms with Gasteiger partial charge in [0.2, 0.25) is 0 Å². The molecule has 0 heterocycles. The summed E-state index contributed by atoms with van der Waals surface area (Å²) in [7, 11) is -3.72. The minimum absolute atomic E-state index is 0.00114. The molecule has 2 unspecified atom stereocenters. The number of carbonyl (C=O) groups is 1. The van der Waals surface area contributed by atoms with Crippen LogP contribution < -0.4 is 5.73 Å². The van der Waals surface area contributed by atoms with Crippen molar-refractivity contribution in [3.8, 4) is 0 Å². The molecule has 29 heavy (non-hydrogen) atoms. The first-order valence-corrected chi connectivity index (χ1v) is 12.6. The number of rotatable bonds is 7. The van der Waals surface area contributed by atoms with E-state index in [9.17, 15) is 17.6 Å². The molecule has 2 N–H and O–H groups in total. The van der Waals surface area contributed by atoms with Crippen LogP contribution in [0.25, 0.3) is 0 Å². The SMILES string of the molecule is NC12CC3CC(C1)C(CC(=O)C1(CCS(=O)(=O)c4ccccc4F)CC1)C(C3)C2. The van der Waals surface area contributed by atoms with Crippen molar-refractivity contribution >= 4 is 15.6 Å². The van der Waals surface area contributed by atoms with E-state index in [2.05, 4.69) is 0 Å². The molecule has 6 heteroatoms. The van der Waals surface area contributed by atoms with Crippen LogP contribution in [0.1, 0.15) is 57.8 Å². The quantitative estimate of drug-likeness (QED) is 0.728. The second-order valence-corrected chi connectivity index (χ2v) is 12.5. The monoisotopic (exact) mass is 419 g/mol. The van der Waals surface area contributed by atoms with Crippen LogP contribution in [0.2, 0.25) is 0 Å². The maximum atomic E-state index is 13.9. The van der Waals surface area contributed by atoms with Gasteiger partial charge in [0.25, 0.3) is 0 Å². The van der Waals surface area contributed by atoms with Gasteiger partial charge < -0.3 is 5.73 Å². The number of benzene rings is 1. The molecule has 0 aromatic heterocycles. The standard InChI is InChI=1S/C23H30FNO3S/c24-19-3-1-2-4-20(19)29(27,28)8-7-22(5-6-22)21(26)11-18-16-9-15-10-17(18)14-23(25,12-15)13-16/h1-4,15-18H,5-14,25H2. The zero-order valence-electron chi connectivity index (χ0n) is 16.8. The van der Waals surface area contributed by atoms with E-state index in [1.165, 1.54) is 37.1 Å². The van der Waals surface area contributed by atoms with Crippen molar-refractivity contribution in [2.45, 2.75) is 68.2 Å². The molecule has 6 rings (SSSR count). The molecule has 5 fully saturated rings. The number of hydrogen-bond donors (Lipinski definition) is 1. The molecular weight excluding hydrogens is 389 g/mol. The van der Waals surface area contributed by atoms with Crippen molar-refractivity contribution in [3.05, 3.63) is 30.1 Å². The molecule has 1 aromatic carbocycles. The number of carbonyl (C=O) groups excluding carboxylic acids is 1. The van der Waals surface area contributed by atoms with E-state index in [1.54, 1.807) is 0 Å². The molecule has 2 atom stereocenters. The summed E-state index contributed by atoms with van der Waals surface area (Å²) in [5.41, 5.74) is 6.10. The third-order valence-electron chi connectivity index (χ3n) is 8.40. The Bertz CT molecular complexity index is 923. The molecule has 0 amide bonds. The molecule has 5 aliphatic carbocycles. The number of halogens is 1. The summed E-state index contributed by atoms with van der Waals surface area (Å²) in [6.45, 7) is 0. The van der Waals surface area contributed by atoms with Crippen LogP contribution in [-0.4, -0.2) is 25.5 Å². The lowest BCUT2D eigenvalue weighted by Gasteiger charge is -2.59. The van der Waals surface area contributed by atoms with Crippen molar-refractivity contribution in [1.29, 1.82) is 0 Å². The van der Waals surface area contributed by atoms with Gasteiger partial charge in [-0.25, -0.2) is 12.8 Å². The van der Waals surface area contributed by atoms with Crippen LogP contribution in [-0.2, 0) is 14.6 Å². The Morgan fingerprint density at radius 1 is 1.10 bits per heavy atom. The summed E-state index contributed by atoms with van der Waals surface area (Å²) < 4.78 is 39.2. The number of nitrogens with two attached hydrogens (primary N) is 1. The summed E-state index contributed by atoms with van der Waals surface area (Å²) >= 11 is 0. The van der Waals surface area contributed by atoms with E-state index in [1.807, 2.05) is 0 Å². The number of Topliss-reactive ketones (excluding diaryl/α,β-unsaturated/α-hetero) is 1. The molecule has 5 saturated carbocycles. The van der Waals surface area contributed by atoms with E-state index < -0.39 is 21.1 Å². The summed E-state index contributed by atoms with van der Waals surface area (Å²) in [6.07, 6.45) is 8.10. The maximum Gasteiger partial charge on any atom is 0.181 e. The predicted molar refractivity (Wildman–Crippen MR) is 108 cm³/mol. The maximum absolute atomic E-state index is 13.9. The fraction of sp³-hybridized carbons (Fsp3) is 0.696. The normalized spacial score (nSPS) is 36.9. The Morgan fingerprint density at radius 2 is 1.76 bits per heavy atom. The minimum Gasteiger partial charge on any atom is -0.325 e. The molecule has 5 aliphatic rings. The van der Waals surface area contributed by atoms with Crippen LogP contribution in [0.15, 0.2) is 29.2 Å². The molecule has 0 spiro atoms. The summed E-state index contributed by atoms with van der Waals surface area (Å²) in [5.74, 6) is 1.66. The Kier molecular flexibility index (Phi) is 4.49. The second-order valence-electron chi connectivity index (χ2n) is 10.4. The van der Waals surface area contributed by atoms with E-state index in [0.717, 1.165) is 38.0 Å². The lowest BCUT2D eigenvalue weighted by molar-refractivity contribution is -0.130. The fourth-order valence-corrected chi connectivity index (χ4v) is 8.44. The predicted octanol–water partition coefficient (Wildman–Crippen LogP) is 3.88. The fourth-order valence-electron chi connectivity index (χ4n) is 6.91. The van der Waals surface area contributed by atoms with Gasteiger partial charge in [-0.3, -0.25) is 4.79 Å². The van der Waals surface area contributed by atoms with Gasteiger partial charge in [-0.1, -0.05) is 12.1 Å². The summed E-state index contributed by atoms with van der Waals surface area (Å²) in [6, 6.07) is 5.49. The van der Waals surface area contributed by atoms with Crippen molar-refractivity contribution in [2.24, 2.45) is 34.8 Å². The first-order valence-electron chi connectivity index (χ1n) is 11.0. The van der Waals surface area contributed by atoms with Crippen LogP contribution >= 0.6 is 0 Å². The van der Waals surface area contributed by atoms with E-state index in [0.29, 0.717) is 30.6 Å². The van der Waals surface area contributed by atoms with Crippen molar-refractivity contribution < 1.29 is 17.6 Å². The third kappa shape index (κ3) is 3.46. The van der Waals surface area contributed by atoms with Crippen molar-refractivity contribution in [1.82, 2.24) is 0 Å². The number of hydrogen-bond acceptors (Lipinski definition) is 4. The number of ketones is 1. The van der Waals surface area contributed by atoms with Crippen LogP contribution in [0.4, 0.5) is 4.39 Å². The highest BCUT2D eigenvalue weighted by atomic mass is 32.2. The van der Waals surface area contributed by atoms with Crippen LogP contribution in [0, 0.1) is 34.9 Å². The summed E-state index contributed by atoms with van der Waals surface area (Å²) in [4.78, 5) is 13.0. The van der Waals surface area contributed by atoms with E-state index in [-0.39, 0.29) is 22.0 Å². The van der Waals surface area contributed by atoms with Gasteiger partial charge in [0.1, 0.15) is 16.5 Å². The zero-order valence-corrected chi connectivity index (χ0v) is 17.6. The minimum atomic E-state index is -3.72. The van der Waals surface area contributed by atoms with Gasteiger partial charge in [-0.05, 0) is 87.2 Å². The summed E-state index contributed by atoms with van der Waals surface area (Å²) in [5, 5.41) is 0. The highest BCUT2D eigenvalue weighted by molar-refractivity contribution is 7.91. The number of sulfone groups is 1. The molecule has 1 aromatic rings. The molecule has 4 nitrogen and oxygen atoms in total. The first kappa shape index (κ1) is 19.7. The average Bonchev–Trinajstić information content (AvgIpc) is 3.43. The second kappa shape index (κ2) is 6.61. The lowest BCUT2D eigenvalue weighted by Crippen LogP contribution is -2.59. The molecule has 0 radical (unpaired) electrons. The highest BCUT2D eigenvalue weighted by Gasteiger charge is 2.56. The van der Waals surface area contributed by atoms with E-state index in [4.69, 9.17) is 5.73 Å². The Hall–Kier alpha value is -1.27. The Labute approximate surface area is 172 Å². The molecule has 0 saturated heterocycles. The van der Waals surface area contributed by atoms with Gasteiger partial charge in [-0.2, -0.15) is 0 Å². The molecular formula is C23H30FNO3S. The van der Waals surface area contributed by atoms with Crippen LogP contribution in [0.3, 0.4) is 0 Å². The first-order chi connectivity index (χ1) is 13.7. The van der Waals surface area contributed by atoms with Gasteiger partial charge in [0.05, 0.1) is 5.75 Å². The third-order valence-corrected chi connectivity index (χ3v) is 10.1. The Balaban J connectivity index is 1.25. The van der Waals surface area contributed by atoms with E-state index >= 15 is 0 Å². The lowest BCUT2D eigenvalue weighted by atomic mass is 9.48. The average molecular weight is 420 g/mol. The smallest absolute Gasteiger partial charge is 0.181 e. The van der Waals surface area contributed by atoms with Gasteiger partial charge in [-0.15, -0.1) is 0 Å². The van der Waals surface area contributed by atoms with Crippen molar-refractivity contribution in [3.63, 3.8) is 0 Å². The van der Waals surface area contributed by atoms with Gasteiger partial charge in [0, 0.05) is 17.4 Å². The van der Waals surface area contributed by atoms with Crippen LogP contribution in [0.5, 0.6) is 0 Å². The Morgan fingerprint density at radius 3 is 2.34 bits per heavy atom.